The Balaban J connectivity index is 2.31. The van der Waals surface area contributed by atoms with E-state index in [2.05, 4.69) is 30.4 Å². The Kier molecular flexibility index (Phi) is 4.11. The summed E-state index contributed by atoms with van der Waals surface area (Å²) in [6.45, 7) is 2.17. The first kappa shape index (κ1) is 12.8. The van der Waals surface area contributed by atoms with Gasteiger partial charge < -0.3 is 11.1 Å². The van der Waals surface area contributed by atoms with Gasteiger partial charge >= 0.3 is 0 Å². The fourth-order valence-electron chi connectivity index (χ4n) is 1.92. The van der Waals surface area contributed by atoms with Crippen molar-refractivity contribution < 1.29 is 0 Å². The Morgan fingerprint density at radius 2 is 1.78 bits per heavy atom. The van der Waals surface area contributed by atoms with Crippen molar-refractivity contribution in [2.75, 3.05) is 11.1 Å². The summed E-state index contributed by atoms with van der Waals surface area (Å²) in [6.07, 6.45) is 2.16. The van der Waals surface area contributed by atoms with Gasteiger partial charge in [0.1, 0.15) is 0 Å². The summed E-state index contributed by atoms with van der Waals surface area (Å²) < 4.78 is 0. The van der Waals surface area contributed by atoms with E-state index in [9.17, 15) is 0 Å². The fraction of sp³-hybridized carbons (Fsp3) is 0.200. The average molecular weight is 261 g/mol. The predicted molar refractivity (Wildman–Crippen MR) is 79.6 cm³/mol. The molecule has 0 aromatic heterocycles. The Bertz CT molecular complexity index is 538. The molecule has 0 unspecified atom stereocenters. The summed E-state index contributed by atoms with van der Waals surface area (Å²) in [5.41, 5.74) is 9.78. The molecule has 0 aliphatic heterocycles. The van der Waals surface area contributed by atoms with Gasteiger partial charge in [0.25, 0.3) is 0 Å². The van der Waals surface area contributed by atoms with Crippen molar-refractivity contribution in [2.24, 2.45) is 0 Å². The lowest BCUT2D eigenvalue weighted by atomic mass is 10.1. The van der Waals surface area contributed by atoms with Crippen LogP contribution in [0.15, 0.2) is 42.5 Å². The molecule has 0 saturated heterocycles. The highest BCUT2D eigenvalue weighted by Gasteiger charge is 2.05. The zero-order chi connectivity index (χ0) is 13.0. The van der Waals surface area contributed by atoms with Crippen LogP contribution >= 0.6 is 11.6 Å². The van der Waals surface area contributed by atoms with Crippen molar-refractivity contribution in [1.82, 2.24) is 0 Å². The molecule has 0 aliphatic carbocycles. The molecule has 0 atom stereocenters. The molecule has 3 N–H and O–H groups in total. The molecule has 2 nitrogen and oxygen atoms in total. The van der Waals surface area contributed by atoms with E-state index in [1.54, 1.807) is 6.07 Å². The lowest BCUT2D eigenvalue weighted by molar-refractivity contribution is 0.923. The highest BCUT2D eigenvalue weighted by molar-refractivity contribution is 6.33. The molecule has 2 aromatic rings. The second-order valence-corrected chi connectivity index (χ2v) is 4.64. The number of anilines is 3. The largest absolute Gasteiger partial charge is 0.396 e. The molecule has 0 bridgehead atoms. The molecule has 0 fully saturated rings. The first-order valence-electron chi connectivity index (χ1n) is 6.11. The quantitative estimate of drug-likeness (QED) is 0.788. The third-order valence-electron chi connectivity index (χ3n) is 2.86. The minimum atomic E-state index is 0.577. The molecule has 0 radical (unpaired) electrons. The third-order valence-corrected chi connectivity index (χ3v) is 3.19. The Hall–Kier alpha value is -1.67. The van der Waals surface area contributed by atoms with Crippen LogP contribution in [0.2, 0.25) is 5.02 Å². The first-order valence-corrected chi connectivity index (χ1v) is 6.49. The molecule has 0 aliphatic rings. The van der Waals surface area contributed by atoms with Crippen molar-refractivity contribution in [3.8, 4) is 0 Å². The van der Waals surface area contributed by atoms with E-state index in [0.717, 1.165) is 24.2 Å². The second kappa shape index (κ2) is 5.78. The first-order chi connectivity index (χ1) is 8.72. The standard InChI is InChI=1S/C15H17ClN2/c1-2-6-11-7-3-4-9-13(11)18-14-10-5-8-12(16)15(14)17/h3-5,7-10,18H,2,6,17H2,1H3. The molecule has 2 aromatic carbocycles. The van der Waals surface area contributed by atoms with Crippen LogP contribution in [0.25, 0.3) is 0 Å². The maximum Gasteiger partial charge on any atom is 0.0742 e. The van der Waals surface area contributed by atoms with Crippen LogP contribution in [-0.4, -0.2) is 0 Å². The van der Waals surface area contributed by atoms with Crippen LogP contribution in [0.4, 0.5) is 17.1 Å². The van der Waals surface area contributed by atoms with Crippen LogP contribution < -0.4 is 11.1 Å². The van der Waals surface area contributed by atoms with Gasteiger partial charge in [0.05, 0.1) is 16.4 Å². The van der Waals surface area contributed by atoms with Crippen molar-refractivity contribution >= 4 is 28.7 Å². The third kappa shape index (κ3) is 2.77. The summed E-state index contributed by atoms with van der Waals surface area (Å²) in [5.74, 6) is 0. The van der Waals surface area contributed by atoms with Gasteiger partial charge in [-0.3, -0.25) is 0 Å². The van der Waals surface area contributed by atoms with Gasteiger partial charge in [-0.1, -0.05) is 49.2 Å². The summed E-state index contributed by atoms with van der Waals surface area (Å²) in [5, 5.41) is 3.93. The molecule has 2 rings (SSSR count). The van der Waals surface area contributed by atoms with E-state index in [1.165, 1.54) is 5.56 Å². The number of nitrogens with one attached hydrogen (secondary N) is 1. The number of rotatable bonds is 4. The van der Waals surface area contributed by atoms with Crippen LogP contribution in [0.5, 0.6) is 0 Å². The van der Waals surface area contributed by atoms with Crippen LogP contribution in [-0.2, 0) is 6.42 Å². The lowest BCUT2D eigenvalue weighted by Gasteiger charge is -2.13. The minimum absolute atomic E-state index is 0.577. The second-order valence-electron chi connectivity index (χ2n) is 4.23. The fourth-order valence-corrected chi connectivity index (χ4v) is 2.10. The maximum atomic E-state index is 6.02. The van der Waals surface area contributed by atoms with Crippen molar-refractivity contribution in [3.05, 3.63) is 53.1 Å². The minimum Gasteiger partial charge on any atom is -0.396 e. The van der Waals surface area contributed by atoms with Gasteiger partial charge in [0, 0.05) is 5.69 Å². The average Bonchev–Trinajstić information content (AvgIpc) is 2.37. The predicted octanol–water partition coefficient (Wildman–Crippen LogP) is 4.62. The van der Waals surface area contributed by atoms with Crippen molar-refractivity contribution in [3.63, 3.8) is 0 Å². The van der Waals surface area contributed by atoms with Gasteiger partial charge in [-0.05, 0) is 30.2 Å². The lowest BCUT2D eigenvalue weighted by Crippen LogP contribution is -1.99. The molecule has 3 heteroatoms. The number of benzene rings is 2. The zero-order valence-corrected chi connectivity index (χ0v) is 11.2. The van der Waals surface area contributed by atoms with E-state index in [-0.39, 0.29) is 0 Å². The summed E-state index contributed by atoms with van der Waals surface area (Å²) in [4.78, 5) is 0. The van der Waals surface area contributed by atoms with Gasteiger partial charge in [-0.25, -0.2) is 0 Å². The zero-order valence-electron chi connectivity index (χ0n) is 10.4. The number of para-hydroxylation sites is 2. The van der Waals surface area contributed by atoms with Gasteiger partial charge in [0.15, 0.2) is 0 Å². The number of aryl methyl sites for hydroxylation is 1. The van der Waals surface area contributed by atoms with Crippen molar-refractivity contribution in [1.29, 1.82) is 0 Å². The molecule has 0 heterocycles. The van der Waals surface area contributed by atoms with Crippen LogP contribution in [0.1, 0.15) is 18.9 Å². The normalized spacial score (nSPS) is 10.3. The number of halogens is 1. The molecule has 0 saturated carbocycles. The van der Waals surface area contributed by atoms with Gasteiger partial charge in [-0.15, -0.1) is 0 Å². The van der Waals surface area contributed by atoms with E-state index >= 15 is 0 Å². The number of nitrogen functional groups attached to an aromatic ring is 1. The van der Waals surface area contributed by atoms with E-state index in [1.807, 2.05) is 18.2 Å². The summed E-state index contributed by atoms with van der Waals surface area (Å²) in [7, 11) is 0. The highest BCUT2D eigenvalue weighted by Crippen LogP contribution is 2.30. The Labute approximate surface area is 113 Å². The number of nitrogens with two attached hydrogens (primary N) is 1. The van der Waals surface area contributed by atoms with Crippen LogP contribution in [0, 0.1) is 0 Å². The van der Waals surface area contributed by atoms with Gasteiger partial charge in [0.2, 0.25) is 0 Å². The van der Waals surface area contributed by atoms with Crippen LogP contribution in [0.3, 0.4) is 0 Å². The summed E-state index contributed by atoms with van der Waals surface area (Å²) in [6, 6.07) is 13.9. The van der Waals surface area contributed by atoms with Gasteiger partial charge in [-0.2, -0.15) is 0 Å². The molecular formula is C15H17ClN2. The Morgan fingerprint density at radius 1 is 1.06 bits per heavy atom. The number of hydrogen-bond donors (Lipinski definition) is 2. The smallest absolute Gasteiger partial charge is 0.0742 e. The molecule has 0 amide bonds. The molecular weight excluding hydrogens is 244 g/mol. The molecule has 18 heavy (non-hydrogen) atoms. The summed E-state index contributed by atoms with van der Waals surface area (Å²) >= 11 is 6.02. The van der Waals surface area contributed by atoms with E-state index in [4.69, 9.17) is 17.3 Å². The Morgan fingerprint density at radius 3 is 2.56 bits per heavy atom. The van der Waals surface area contributed by atoms with E-state index < -0.39 is 0 Å². The number of hydrogen-bond acceptors (Lipinski definition) is 2. The monoisotopic (exact) mass is 260 g/mol. The molecule has 0 spiro atoms. The highest BCUT2D eigenvalue weighted by atomic mass is 35.5. The topological polar surface area (TPSA) is 38.0 Å². The van der Waals surface area contributed by atoms with Crippen molar-refractivity contribution in [2.45, 2.75) is 19.8 Å². The van der Waals surface area contributed by atoms with E-state index in [0.29, 0.717) is 10.7 Å². The molecule has 94 valence electrons. The maximum absolute atomic E-state index is 6.02. The SMILES string of the molecule is CCCc1ccccc1Nc1cccc(Cl)c1N.